The molecular weight excluding hydrogens is 456 g/mol. The van der Waals surface area contributed by atoms with Gasteiger partial charge in [-0.2, -0.15) is 5.10 Å². The highest BCUT2D eigenvalue weighted by molar-refractivity contribution is 5.97. The number of nitrogens with zero attached hydrogens (tertiary/aromatic N) is 4. The molecule has 36 heavy (non-hydrogen) atoms. The number of aromatic nitrogens is 4. The molecule has 0 atom stereocenters. The number of likely N-dealkylation sites (tertiary alicyclic amines) is 1. The predicted molar refractivity (Wildman–Crippen MR) is 140 cm³/mol. The van der Waals surface area contributed by atoms with Crippen molar-refractivity contribution in [3.05, 3.63) is 60.9 Å². The van der Waals surface area contributed by atoms with Crippen molar-refractivity contribution in [3.63, 3.8) is 0 Å². The van der Waals surface area contributed by atoms with Crippen LogP contribution in [0.25, 0.3) is 22.3 Å². The minimum Gasteiger partial charge on any atom is -0.457 e. The second-order valence-corrected chi connectivity index (χ2v) is 9.52. The van der Waals surface area contributed by atoms with E-state index in [2.05, 4.69) is 20.2 Å². The van der Waals surface area contributed by atoms with Crippen LogP contribution < -0.4 is 10.5 Å². The SMILES string of the molecule is CC(C)(C)OC(=O)N1CCCCC1.Nc1ncnc2n[nH]c(-c3ccc(Oc4ccccc4)cc3)c12. The Morgan fingerprint density at radius 2 is 1.61 bits per heavy atom. The minimum atomic E-state index is -0.367. The van der Waals surface area contributed by atoms with Crippen molar-refractivity contribution in [2.45, 2.75) is 45.6 Å². The first kappa shape index (κ1) is 25.0. The van der Waals surface area contributed by atoms with E-state index in [0.29, 0.717) is 11.5 Å². The molecule has 3 heterocycles. The molecule has 0 bridgehead atoms. The lowest BCUT2D eigenvalue weighted by Crippen LogP contribution is -2.39. The standard InChI is InChI=1S/C17H13N5O.C10H19NO2/c18-16-14-15(21-22-17(14)20-10-19-16)11-6-8-13(9-7-11)23-12-4-2-1-3-5-12;1-10(2,3)13-9(12)11-7-5-4-6-8-11/h1-10H,(H3,18,19,20,21,22);4-8H2,1-3H3. The van der Waals surface area contributed by atoms with Gasteiger partial charge in [0.2, 0.25) is 0 Å². The van der Waals surface area contributed by atoms with Crippen LogP contribution >= 0.6 is 0 Å². The Balaban J connectivity index is 0.000000200. The number of para-hydroxylation sites is 1. The summed E-state index contributed by atoms with van der Waals surface area (Å²) in [4.78, 5) is 21.4. The van der Waals surface area contributed by atoms with E-state index < -0.39 is 0 Å². The molecule has 0 unspecified atom stereocenters. The van der Waals surface area contributed by atoms with Gasteiger partial charge < -0.3 is 20.1 Å². The van der Waals surface area contributed by atoms with Gasteiger partial charge in [0.15, 0.2) is 5.65 Å². The van der Waals surface area contributed by atoms with Gasteiger partial charge in [0, 0.05) is 18.7 Å². The van der Waals surface area contributed by atoms with Gasteiger partial charge in [0.25, 0.3) is 0 Å². The van der Waals surface area contributed by atoms with E-state index in [1.807, 2.05) is 75.4 Å². The molecule has 1 aliphatic heterocycles. The average molecular weight is 489 g/mol. The number of nitrogens with two attached hydrogens (primary N) is 1. The van der Waals surface area contributed by atoms with E-state index in [4.69, 9.17) is 15.2 Å². The van der Waals surface area contributed by atoms with E-state index >= 15 is 0 Å². The van der Waals surface area contributed by atoms with Crippen molar-refractivity contribution in [2.75, 3.05) is 18.8 Å². The molecule has 1 amide bonds. The lowest BCUT2D eigenvalue weighted by Gasteiger charge is -2.29. The summed E-state index contributed by atoms with van der Waals surface area (Å²) in [5, 5.41) is 7.85. The predicted octanol–water partition coefficient (Wildman–Crippen LogP) is 5.80. The third-order valence-electron chi connectivity index (χ3n) is 5.51. The van der Waals surface area contributed by atoms with E-state index in [1.54, 1.807) is 4.90 Å². The number of amides is 1. The Morgan fingerprint density at radius 1 is 0.944 bits per heavy atom. The highest BCUT2D eigenvalue weighted by atomic mass is 16.6. The number of nitrogens with one attached hydrogen (secondary N) is 1. The van der Waals surface area contributed by atoms with Crippen molar-refractivity contribution in [3.8, 4) is 22.8 Å². The molecule has 0 spiro atoms. The number of rotatable bonds is 3. The zero-order valence-electron chi connectivity index (χ0n) is 20.9. The number of aromatic amines is 1. The normalized spacial score (nSPS) is 13.6. The number of carbonyl (C=O) groups is 1. The molecule has 1 fully saturated rings. The smallest absolute Gasteiger partial charge is 0.410 e. The Morgan fingerprint density at radius 3 is 2.28 bits per heavy atom. The fourth-order valence-corrected chi connectivity index (χ4v) is 3.80. The lowest BCUT2D eigenvalue weighted by atomic mass is 10.1. The van der Waals surface area contributed by atoms with Crippen LogP contribution in [0.4, 0.5) is 10.6 Å². The fraction of sp³-hybridized carbons (Fsp3) is 0.333. The number of piperidine rings is 1. The molecule has 188 valence electrons. The van der Waals surface area contributed by atoms with Crippen LogP contribution in [0.2, 0.25) is 0 Å². The first-order valence-corrected chi connectivity index (χ1v) is 12.1. The molecule has 0 saturated carbocycles. The van der Waals surface area contributed by atoms with Crippen LogP contribution in [-0.2, 0) is 4.74 Å². The number of fused-ring (bicyclic) bond motifs is 1. The first-order chi connectivity index (χ1) is 17.3. The van der Waals surface area contributed by atoms with Crippen LogP contribution in [0, 0.1) is 0 Å². The topological polar surface area (TPSA) is 119 Å². The zero-order chi connectivity index (χ0) is 25.5. The van der Waals surface area contributed by atoms with Gasteiger partial charge in [-0.15, -0.1) is 0 Å². The highest BCUT2D eigenvalue weighted by Crippen LogP contribution is 2.30. The number of H-pyrrole nitrogens is 1. The van der Waals surface area contributed by atoms with Crippen LogP contribution in [-0.4, -0.2) is 49.8 Å². The maximum atomic E-state index is 11.5. The summed E-state index contributed by atoms with van der Waals surface area (Å²) in [6.45, 7) is 7.41. The van der Waals surface area contributed by atoms with E-state index in [0.717, 1.165) is 54.1 Å². The minimum absolute atomic E-state index is 0.160. The van der Waals surface area contributed by atoms with Gasteiger partial charge in [0.1, 0.15) is 29.2 Å². The number of carbonyl (C=O) groups excluding carboxylic acids is 1. The molecule has 0 aliphatic carbocycles. The summed E-state index contributed by atoms with van der Waals surface area (Å²) < 4.78 is 11.1. The zero-order valence-corrected chi connectivity index (χ0v) is 20.9. The number of anilines is 1. The number of hydrogen-bond acceptors (Lipinski definition) is 7. The van der Waals surface area contributed by atoms with Crippen LogP contribution in [0.3, 0.4) is 0 Å². The molecule has 5 rings (SSSR count). The monoisotopic (exact) mass is 488 g/mol. The average Bonchev–Trinajstić information content (AvgIpc) is 3.31. The maximum Gasteiger partial charge on any atom is 0.410 e. The molecule has 1 saturated heterocycles. The summed E-state index contributed by atoms with van der Waals surface area (Å²) in [6.07, 6.45) is 4.70. The molecule has 2 aromatic carbocycles. The van der Waals surface area contributed by atoms with Gasteiger partial charge in [-0.05, 0) is 76.4 Å². The fourth-order valence-electron chi connectivity index (χ4n) is 3.80. The summed E-state index contributed by atoms with van der Waals surface area (Å²) in [6, 6.07) is 17.3. The number of hydrogen-bond donors (Lipinski definition) is 2. The molecule has 2 aromatic heterocycles. The van der Waals surface area contributed by atoms with Crippen molar-refractivity contribution in [1.29, 1.82) is 0 Å². The van der Waals surface area contributed by atoms with Gasteiger partial charge in [-0.3, -0.25) is 5.10 Å². The first-order valence-electron chi connectivity index (χ1n) is 12.1. The number of benzene rings is 2. The van der Waals surface area contributed by atoms with E-state index in [9.17, 15) is 4.79 Å². The number of nitrogen functional groups attached to an aromatic ring is 1. The van der Waals surface area contributed by atoms with Gasteiger partial charge in [0.05, 0.1) is 11.1 Å². The molecule has 4 aromatic rings. The molecule has 9 heteroatoms. The number of ether oxygens (including phenoxy) is 2. The van der Waals surface area contributed by atoms with E-state index in [1.165, 1.54) is 12.7 Å². The van der Waals surface area contributed by atoms with Crippen molar-refractivity contribution >= 4 is 22.9 Å². The van der Waals surface area contributed by atoms with Crippen LogP contribution in [0.1, 0.15) is 40.0 Å². The second-order valence-electron chi connectivity index (χ2n) is 9.52. The van der Waals surface area contributed by atoms with Crippen molar-refractivity contribution in [1.82, 2.24) is 25.1 Å². The second kappa shape index (κ2) is 11.1. The Hall–Kier alpha value is -4.14. The molecular formula is C27H32N6O3. The Bertz CT molecular complexity index is 1280. The quantitative estimate of drug-likeness (QED) is 0.374. The van der Waals surface area contributed by atoms with Gasteiger partial charge in [-0.1, -0.05) is 18.2 Å². The lowest BCUT2D eigenvalue weighted by molar-refractivity contribution is 0.0216. The largest absolute Gasteiger partial charge is 0.457 e. The molecule has 9 nitrogen and oxygen atoms in total. The Kier molecular flexibility index (Phi) is 7.68. The van der Waals surface area contributed by atoms with Gasteiger partial charge >= 0.3 is 6.09 Å². The third-order valence-corrected chi connectivity index (χ3v) is 5.51. The summed E-state index contributed by atoms with van der Waals surface area (Å²) in [5.41, 5.74) is 7.86. The molecule has 0 radical (unpaired) electrons. The maximum absolute atomic E-state index is 11.5. The summed E-state index contributed by atoms with van der Waals surface area (Å²) >= 11 is 0. The van der Waals surface area contributed by atoms with Crippen LogP contribution in [0.5, 0.6) is 11.5 Å². The summed E-state index contributed by atoms with van der Waals surface area (Å²) in [5.74, 6) is 1.96. The Labute approximate surface area is 210 Å². The van der Waals surface area contributed by atoms with E-state index in [-0.39, 0.29) is 11.7 Å². The molecule has 1 aliphatic rings. The molecule has 3 N–H and O–H groups in total. The third kappa shape index (κ3) is 6.50. The van der Waals surface area contributed by atoms with Crippen LogP contribution in [0.15, 0.2) is 60.9 Å². The van der Waals surface area contributed by atoms with Crippen molar-refractivity contribution in [2.24, 2.45) is 0 Å². The van der Waals surface area contributed by atoms with Gasteiger partial charge in [-0.25, -0.2) is 14.8 Å². The summed E-state index contributed by atoms with van der Waals surface area (Å²) in [7, 11) is 0. The van der Waals surface area contributed by atoms with Crippen molar-refractivity contribution < 1.29 is 14.3 Å². The highest BCUT2D eigenvalue weighted by Gasteiger charge is 2.23.